The molecule has 0 bridgehead atoms. The summed E-state index contributed by atoms with van der Waals surface area (Å²) in [6.07, 6.45) is 1.05. The van der Waals surface area contributed by atoms with Crippen LogP contribution in [-0.4, -0.2) is 16.5 Å². The Hall–Kier alpha value is -2.24. The van der Waals surface area contributed by atoms with Gasteiger partial charge in [0.25, 0.3) is 0 Å². The predicted octanol–water partition coefficient (Wildman–Crippen LogP) is 2.77. The standard InChI is InChI=1S/C13H13F2N3O/c1-2-16-12-11(15)7-17-13(18-12)19-8-9-3-5-10(14)6-4-9/h3-7H,2,8H2,1H3,(H,16,17,18). The van der Waals surface area contributed by atoms with Gasteiger partial charge in [-0.2, -0.15) is 4.98 Å². The van der Waals surface area contributed by atoms with Gasteiger partial charge in [-0.25, -0.2) is 13.8 Å². The highest BCUT2D eigenvalue weighted by Crippen LogP contribution is 2.14. The largest absolute Gasteiger partial charge is 0.459 e. The third-order valence-electron chi connectivity index (χ3n) is 2.35. The quantitative estimate of drug-likeness (QED) is 0.903. The van der Waals surface area contributed by atoms with Gasteiger partial charge < -0.3 is 10.1 Å². The molecular weight excluding hydrogens is 252 g/mol. The van der Waals surface area contributed by atoms with E-state index in [2.05, 4.69) is 15.3 Å². The van der Waals surface area contributed by atoms with Gasteiger partial charge in [0, 0.05) is 6.54 Å². The fourth-order valence-electron chi connectivity index (χ4n) is 1.44. The number of halogens is 2. The Morgan fingerprint density at radius 1 is 1.21 bits per heavy atom. The predicted molar refractivity (Wildman–Crippen MR) is 66.9 cm³/mol. The van der Waals surface area contributed by atoms with E-state index in [-0.39, 0.29) is 24.3 Å². The Labute approximate surface area is 109 Å². The molecule has 100 valence electrons. The second-order valence-electron chi connectivity index (χ2n) is 3.79. The molecule has 0 aliphatic heterocycles. The lowest BCUT2D eigenvalue weighted by Gasteiger charge is -2.07. The highest BCUT2D eigenvalue weighted by molar-refractivity contribution is 5.35. The van der Waals surface area contributed by atoms with Crippen molar-refractivity contribution in [1.29, 1.82) is 0 Å². The highest BCUT2D eigenvalue weighted by atomic mass is 19.1. The molecule has 2 rings (SSSR count). The van der Waals surface area contributed by atoms with Crippen molar-refractivity contribution in [2.45, 2.75) is 13.5 Å². The van der Waals surface area contributed by atoms with Crippen LogP contribution in [0, 0.1) is 11.6 Å². The zero-order chi connectivity index (χ0) is 13.7. The fraction of sp³-hybridized carbons (Fsp3) is 0.231. The second kappa shape index (κ2) is 6.08. The molecule has 0 unspecified atom stereocenters. The summed E-state index contributed by atoms with van der Waals surface area (Å²) in [5.74, 6) is -0.737. The van der Waals surface area contributed by atoms with Gasteiger partial charge in [-0.05, 0) is 24.6 Å². The molecule has 0 atom stereocenters. The summed E-state index contributed by atoms with van der Waals surface area (Å²) >= 11 is 0. The molecule has 0 aliphatic carbocycles. The summed E-state index contributed by atoms with van der Waals surface area (Å²) in [7, 11) is 0. The molecule has 4 nitrogen and oxygen atoms in total. The van der Waals surface area contributed by atoms with Crippen LogP contribution < -0.4 is 10.1 Å². The number of hydrogen-bond acceptors (Lipinski definition) is 4. The SMILES string of the molecule is CCNc1nc(OCc2ccc(F)cc2)ncc1F. The van der Waals surface area contributed by atoms with Gasteiger partial charge in [-0.1, -0.05) is 12.1 Å². The molecule has 0 fully saturated rings. The molecule has 1 aromatic heterocycles. The minimum atomic E-state index is -0.531. The molecule has 0 amide bonds. The van der Waals surface area contributed by atoms with Gasteiger partial charge in [0.05, 0.1) is 6.20 Å². The lowest BCUT2D eigenvalue weighted by molar-refractivity contribution is 0.279. The summed E-state index contributed by atoms with van der Waals surface area (Å²) in [5.41, 5.74) is 0.777. The van der Waals surface area contributed by atoms with Crippen molar-refractivity contribution >= 4 is 5.82 Å². The first-order valence-corrected chi connectivity index (χ1v) is 5.82. The van der Waals surface area contributed by atoms with E-state index in [9.17, 15) is 8.78 Å². The van der Waals surface area contributed by atoms with Crippen molar-refractivity contribution in [3.8, 4) is 6.01 Å². The molecule has 0 spiro atoms. The van der Waals surface area contributed by atoms with E-state index in [4.69, 9.17) is 4.74 Å². The Balaban J connectivity index is 2.03. The van der Waals surface area contributed by atoms with E-state index in [0.29, 0.717) is 6.54 Å². The molecule has 6 heteroatoms. The summed E-state index contributed by atoms with van der Waals surface area (Å²) in [6.45, 7) is 2.57. The summed E-state index contributed by atoms with van der Waals surface area (Å²) < 4.78 is 31.3. The third-order valence-corrected chi connectivity index (χ3v) is 2.35. The smallest absolute Gasteiger partial charge is 0.318 e. The minimum Gasteiger partial charge on any atom is -0.459 e. The maximum Gasteiger partial charge on any atom is 0.318 e. The van der Waals surface area contributed by atoms with Crippen molar-refractivity contribution in [3.63, 3.8) is 0 Å². The number of aromatic nitrogens is 2. The molecule has 19 heavy (non-hydrogen) atoms. The topological polar surface area (TPSA) is 47.0 Å². The van der Waals surface area contributed by atoms with Crippen LogP contribution in [0.3, 0.4) is 0 Å². The number of benzene rings is 1. The van der Waals surface area contributed by atoms with E-state index in [1.54, 1.807) is 12.1 Å². The van der Waals surface area contributed by atoms with Crippen LogP contribution in [-0.2, 0) is 6.61 Å². The van der Waals surface area contributed by atoms with Crippen LogP contribution in [0.1, 0.15) is 12.5 Å². The van der Waals surface area contributed by atoms with Crippen LogP contribution in [0.15, 0.2) is 30.5 Å². The first kappa shape index (κ1) is 13.2. The highest BCUT2D eigenvalue weighted by Gasteiger charge is 2.07. The van der Waals surface area contributed by atoms with E-state index in [1.807, 2.05) is 6.92 Å². The summed E-state index contributed by atoms with van der Waals surface area (Å²) in [6, 6.07) is 5.96. The van der Waals surface area contributed by atoms with Crippen molar-refractivity contribution in [1.82, 2.24) is 9.97 Å². The van der Waals surface area contributed by atoms with Crippen LogP contribution in [0.25, 0.3) is 0 Å². The Morgan fingerprint density at radius 3 is 2.63 bits per heavy atom. The molecule has 1 heterocycles. The number of rotatable bonds is 5. The fourth-order valence-corrected chi connectivity index (χ4v) is 1.44. The van der Waals surface area contributed by atoms with Crippen molar-refractivity contribution in [2.24, 2.45) is 0 Å². The van der Waals surface area contributed by atoms with Crippen LogP contribution in [0.4, 0.5) is 14.6 Å². The lowest BCUT2D eigenvalue weighted by atomic mass is 10.2. The van der Waals surface area contributed by atoms with Gasteiger partial charge in [0.2, 0.25) is 0 Å². The average molecular weight is 265 g/mol. The van der Waals surface area contributed by atoms with Gasteiger partial charge in [-0.3, -0.25) is 0 Å². The molecule has 0 aliphatic rings. The molecule has 2 aromatic rings. The van der Waals surface area contributed by atoms with Crippen LogP contribution in [0.5, 0.6) is 6.01 Å². The summed E-state index contributed by atoms with van der Waals surface area (Å²) in [5, 5.41) is 2.77. The van der Waals surface area contributed by atoms with Gasteiger partial charge in [0.1, 0.15) is 12.4 Å². The van der Waals surface area contributed by atoms with Crippen molar-refractivity contribution < 1.29 is 13.5 Å². The maximum atomic E-state index is 13.3. The van der Waals surface area contributed by atoms with E-state index in [1.165, 1.54) is 12.1 Å². The minimum absolute atomic E-state index is 0.0710. The first-order chi connectivity index (χ1) is 9.19. The van der Waals surface area contributed by atoms with E-state index < -0.39 is 5.82 Å². The molecule has 0 saturated carbocycles. The molecule has 1 N–H and O–H groups in total. The van der Waals surface area contributed by atoms with Gasteiger partial charge in [0.15, 0.2) is 11.6 Å². The Morgan fingerprint density at radius 2 is 1.95 bits per heavy atom. The molecule has 1 aromatic carbocycles. The normalized spacial score (nSPS) is 10.3. The number of nitrogens with one attached hydrogen (secondary N) is 1. The number of anilines is 1. The molecule has 0 radical (unpaired) electrons. The number of hydrogen-bond donors (Lipinski definition) is 1. The third kappa shape index (κ3) is 3.61. The van der Waals surface area contributed by atoms with Crippen molar-refractivity contribution in [3.05, 3.63) is 47.7 Å². The zero-order valence-electron chi connectivity index (χ0n) is 10.4. The monoisotopic (exact) mass is 265 g/mol. The van der Waals surface area contributed by atoms with Crippen molar-refractivity contribution in [2.75, 3.05) is 11.9 Å². The van der Waals surface area contributed by atoms with E-state index in [0.717, 1.165) is 11.8 Å². The molecular formula is C13H13F2N3O. The first-order valence-electron chi connectivity index (χ1n) is 5.82. The van der Waals surface area contributed by atoms with Crippen LogP contribution in [0.2, 0.25) is 0 Å². The average Bonchev–Trinajstić information content (AvgIpc) is 2.42. The summed E-state index contributed by atoms with van der Waals surface area (Å²) in [4.78, 5) is 7.63. The molecule has 0 saturated heterocycles. The maximum absolute atomic E-state index is 13.3. The second-order valence-corrected chi connectivity index (χ2v) is 3.79. The zero-order valence-corrected chi connectivity index (χ0v) is 10.4. The number of nitrogens with zero attached hydrogens (tertiary/aromatic N) is 2. The lowest BCUT2D eigenvalue weighted by Crippen LogP contribution is -2.06. The van der Waals surface area contributed by atoms with E-state index >= 15 is 0 Å². The Bertz CT molecular complexity index is 546. The van der Waals surface area contributed by atoms with Gasteiger partial charge >= 0.3 is 6.01 Å². The van der Waals surface area contributed by atoms with Gasteiger partial charge in [-0.15, -0.1) is 0 Å². The number of ether oxygens (including phenoxy) is 1. The van der Waals surface area contributed by atoms with Crippen LogP contribution >= 0.6 is 0 Å². The Kier molecular flexibility index (Phi) is 4.22.